The summed E-state index contributed by atoms with van der Waals surface area (Å²) < 4.78 is 26.0. The maximum atomic E-state index is 13.2. The molecule has 84 valence electrons. The monoisotopic (exact) mass is 213 g/mol. The van der Waals surface area contributed by atoms with E-state index in [1.165, 1.54) is 12.1 Å². The van der Waals surface area contributed by atoms with Crippen molar-refractivity contribution in [3.8, 4) is 0 Å². The van der Waals surface area contributed by atoms with Crippen molar-refractivity contribution in [1.82, 2.24) is 5.32 Å². The maximum absolute atomic E-state index is 13.2. The van der Waals surface area contributed by atoms with E-state index in [-0.39, 0.29) is 11.6 Å². The minimum atomic E-state index is -0.379. The molecule has 0 bridgehead atoms. The van der Waals surface area contributed by atoms with Crippen LogP contribution in [0.1, 0.15) is 19.4 Å². The van der Waals surface area contributed by atoms with Gasteiger partial charge in [0.15, 0.2) is 0 Å². The van der Waals surface area contributed by atoms with E-state index < -0.39 is 0 Å². The number of benzene rings is 1. The molecule has 0 amide bonds. The van der Waals surface area contributed by atoms with Gasteiger partial charge in [-0.25, -0.2) is 8.78 Å². The molecule has 1 aromatic rings. The highest BCUT2D eigenvalue weighted by molar-refractivity contribution is 5.18. The van der Waals surface area contributed by atoms with Gasteiger partial charge in [0.05, 0.1) is 0 Å². The minimum Gasteiger partial charge on any atom is -0.316 e. The molecule has 15 heavy (non-hydrogen) atoms. The maximum Gasteiger partial charge on any atom is 0.126 e. The Morgan fingerprint density at radius 2 is 2.00 bits per heavy atom. The standard InChI is InChI=1S/C12H17F2N/c1-9(2)8-15-6-5-10-7-11(13)3-4-12(10)14/h3-4,7,9,15H,5-6,8H2,1-2H3. The summed E-state index contributed by atoms with van der Waals surface area (Å²) in [7, 11) is 0. The van der Waals surface area contributed by atoms with Gasteiger partial charge in [-0.15, -0.1) is 0 Å². The summed E-state index contributed by atoms with van der Waals surface area (Å²) in [5.74, 6) is -0.139. The van der Waals surface area contributed by atoms with Crippen molar-refractivity contribution in [2.45, 2.75) is 20.3 Å². The second-order valence-corrected chi connectivity index (χ2v) is 4.08. The van der Waals surface area contributed by atoms with E-state index >= 15 is 0 Å². The summed E-state index contributed by atoms with van der Waals surface area (Å²) in [4.78, 5) is 0. The van der Waals surface area contributed by atoms with Gasteiger partial charge in [0, 0.05) is 0 Å². The van der Waals surface area contributed by atoms with Crippen molar-refractivity contribution in [2.75, 3.05) is 13.1 Å². The van der Waals surface area contributed by atoms with Gasteiger partial charge in [-0.3, -0.25) is 0 Å². The Kier molecular flexibility index (Phi) is 4.69. The number of halogens is 2. The predicted molar refractivity (Wildman–Crippen MR) is 57.8 cm³/mol. The fourth-order valence-electron chi connectivity index (χ4n) is 1.35. The van der Waals surface area contributed by atoms with Gasteiger partial charge in [-0.2, -0.15) is 0 Å². The number of nitrogens with one attached hydrogen (secondary N) is 1. The molecule has 0 aromatic heterocycles. The van der Waals surface area contributed by atoms with Crippen molar-refractivity contribution in [1.29, 1.82) is 0 Å². The zero-order valence-electron chi connectivity index (χ0n) is 9.19. The number of rotatable bonds is 5. The van der Waals surface area contributed by atoms with Crippen molar-refractivity contribution < 1.29 is 8.78 Å². The Morgan fingerprint density at radius 1 is 1.27 bits per heavy atom. The minimum absolute atomic E-state index is 0.331. The highest BCUT2D eigenvalue weighted by Gasteiger charge is 2.03. The average molecular weight is 213 g/mol. The molecule has 1 rings (SSSR count). The van der Waals surface area contributed by atoms with Gasteiger partial charge in [0.1, 0.15) is 11.6 Å². The quantitative estimate of drug-likeness (QED) is 0.742. The lowest BCUT2D eigenvalue weighted by Crippen LogP contribution is -2.22. The smallest absolute Gasteiger partial charge is 0.126 e. The van der Waals surface area contributed by atoms with E-state index in [9.17, 15) is 8.78 Å². The van der Waals surface area contributed by atoms with Crippen LogP contribution in [-0.4, -0.2) is 13.1 Å². The molecule has 1 aromatic carbocycles. The summed E-state index contributed by atoms with van der Waals surface area (Å²) in [5.41, 5.74) is 0.436. The second kappa shape index (κ2) is 5.81. The van der Waals surface area contributed by atoms with Gasteiger partial charge < -0.3 is 5.32 Å². The summed E-state index contributed by atoms with van der Waals surface area (Å²) in [6.45, 7) is 5.79. The fraction of sp³-hybridized carbons (Fsp3) is 0.500. The molecule has 0 aliphatic heterocycles. The lowest BCUT2D eigenvalue weighted by atomic mass is 10.1. The van der Waals surface area contributed by atoms with Crippen molar-refractivity contribution in [3.05, 3.63) is 35.4 Å². The van der Waals surface area contributed by atoms with Gasteiger partial charge in [-0.1, -0.05) is 13.8 Å². The third-order valence-corrected chi connectivity index (χ3v) is 2.13. The van der Waals surface area contributed by atoms with Crippen LogP contribution in [0.4, 0.5) is 8.78 Å². The molecule has 0 saturated carbocycles. The molecular formula is C12H17F2N. The van der Waals surface area contributed by atoms with Crippen molar-refractivity contribution >= 4 is 0 Å². The summed E-state index contributed by atoms with van der Waals surface area (Å²) >= 11 is 0. The fourth-order valence-corrected chi connectivity index (χ4v) is 1.35. The van der Waals surface area contributed by atoms with E-state index in [2.05, 4.69) is 19.2 Å². The van der Waals surface area contributed by atoms with Crippen LogP contribution in [0, 0.1) is 17.6 Å². The first-order valence-corrected chi connectivity index (χ1v) is 5.24. The van der Waals surface area contributed by atoms with Crippen LogP contribution in [0.3, 0.4) is 0 Å². The molecule has 0 radical (unpaired) electrons. The molecule has 0 atom stereocenters. The van der Waals surface area contributed by atoms with Crippen LogP contribution in [0.5, 0.6) is 0 Å². The highest BCUT2D eigenvalue weighted by atomic mass is 19.1. The van der Waals surface area contributed by atoms with Crippen LogP contribution in [-0.2, 0) is 6.42 Å². The summed E-state index contributed by atoms with van der Waals surface area (Å²) in [6.07, 6.45) is 0.524. The molecule has 3 heteroatoms. The van der Waals surface area contributed by atoms with E-state index in [1.807, 2.05) is 0 Å². The summed E-state index contributed by atoms with van der Waals surface area (Å²) in [5, 5.41) is 3.19. The van der Waals surface area contributed by atoms with Crippen molar-refractivity contribution in [3.63, 3.8) is 0 Å². The number of hydrogen-bond donors (Lipinski definition) is 1. The van der Waals surface area contributed by atoms with Gasteiger partial charge in [0.25, 0.3) is 0 Å². The Labute approximate surface area is 89.5 Å². The zero-order valence-corrected chi connectivity index (χ0v) is 9.19. The van der Waals surface area contributed by atoms with Gasteiger partial charge in [0.2, 0.25) is 0 Å². The molecule has 0 aliphatic carbocycles. The molecule has 0 spiro atoms. The van der Waals surface area contributed by atoms with Crippen LogP contribution >= 0.6 is 0 Å². The second-order valence-electron chi connectivity index (χ2n) is 4.08. The predicted octanol–water partition coefficient (Wildman–Crippen LogP) is 2.75. The molecule has 0 aliphatic rings. The Bertz CT molecular complexity index is 310. The SMILES string of the molecule is CC(C)CNCCc1cc(F)ccc1F. The number of hydrogen-bond acceptors (Lipinski definition) is 1. The van der Waals surface area contributed by atoms with E-state index in [1.54, 1.807) is 0 Å². The van der Waals surface area contributed by atoms with E-state index in [4.69, 9.17) is 0 Å². The highest BCUT2D eigenvalue weighted by Crippen LogP contribution is 2.09. The third kappa shape index (κ3) is 4.38. The van der Waals surface area contributed by atoms with Gasteiger partial charge >= 0.3 is 0 Å². The van der Waals surface area contributed by atoms with E-state index in [0.29, 0.717) is 24.4 Å². The third-order valence-electron chi connectivity index (χ3n) is 2.13. The lowest BCUT2D eigenvalue weighted by Gasteiger charge is -2.07. The van der Waals surface area contributed by atoms with E-state index in [0.717, 1.165) is 12.6 Å². The first-order chi connectivity index (χ1) is 7.09. The molecule has 1 nitrogen and oxygen atoms in total. The largest absolute Gasteiger partial charge is 0.316 e. The first-order valence-electron chi connectivity index (χ1n) is 5.24. The normalized spacial score (nSPS) is 11.0. The van der Waals surface area contributed by atoms with Crippen LogP contribution in [0.2, 0.25) is 0 Å². The van der Waals surface area contributed by atoms with Crippen LogP contribution in [0.15, 0.2) is 18.2 Å². The van der Waals surface area contributed by atoms with Crippen molar-refractivity contribution in [2.24, 2.45) is 5.92 Å². The van der Waals surface area contributed by atoms with Crippen LogP contribution in [0.25, 0.3) is 0 Å². The molecule has 0 saturated heterocycles. The average Bonchev–Trinajstić information content (AvgIpc) is 2.17. The first kappa shape index (κ1) is 12.1. The van der Waals surface area contributed by atoms with Crippen LogP contribution < -0.4 is 5.32 Å². The molecule has 0 fully saturated rings. The molecule has 0 unspecified atom stereocenters. The Morgan fingerprint density at radius 3 is 2.67 bits per heavy atom. The lowest BCUT2D eigenvalue weighted by molar-refractivity contribution is 0.542. The Hall–Kier alpha value is -0.960. The molecule has 1 N–H and O–H groups in total. The Balaban J connectivity index is 2.40. The topological polar surface area (TPSA) is 12.0 Å². The van der Waals surface area contributed by atoms with Gasteiger partial charge in [-0.05, 0) is 49.2 Å². The molecular weight excluding hydrogens is 196 g/mol. The summed E-state index contributed by atoms with van der Waals surface area (Å²) in [6, 6.07) is 3.57. The molecule has 0 heterocycles. The zero-order chi connectivity index (χ0) is 11.3.